The van der Waals surface area contributed by atoms with E-state index in [4.69, 9.17) is 14.2 Å². The number of aliphatic hydroxyl groups excluding tert-OH is 1. The van der Waals surface area contributed by atoms with Crippen LogP contribution >= 0.6 is 0 Å². The number of nitrogens with one attached hydrogen (secondary N) is 1. The molecule has 2 saturated carbocycles. The summed E-state index contributed by atoms with van der Waals surface area (Å²) in [5.41, 5.74) is 0.0202. The molecule has 186 valence electrons. The first-order valence-electron chi connectivity index (χ1n) is 11.9. The van der Waals surface area contributed by atoms with Crippen molar-refractivity contribution in [3.8, 4) is 0 Å². The number of hydrogen-bond acceptors (Lipinski definition) is 6. The summed E-state index contributed by atoms with van der Waals surface area (Å²) < 4.78 is 15.3. The number of ether oxygens (including phenoxy) is 3. The highest BCUT2D eigenvalue weighted by molar-refractivity contribution is 5.79. The van der Waals surface area contributed by atoms with E-state index < -0.39 is 6.10 Å². The Labute approximate surface area is 193 Å². The Balaban J connectivity index is 2.14. The number of fused-ring (bicyclic) bond motifs is 1. The lowest BCUT2D eigenvalue weighted by Crippen LogP contribution is -2.59. The zero-order chi connectivity index (χ0) is 23.9. The summed E-state index contributed by atoms with van der Waals surface area (Å²) >= 11 is 0. The van der Waals surface area contributed by atoms with Crippen molar-refractivity contribution in [2.24, 2.45) is 29.1 Å². The average Bonchev–Trinajstić information content (AvgIpc) is 2.75. The maximum absolute atomic E-state index is 13.3. The van der Waals surface area contributed by atoms with Crippen LogP contribution in [0.2, 0.25) is 0 Å². The number of carbonyl (C=O) groups is 2. The Kier molecular flexibility index (Phi) is 10.4. The van der Waals surface area contributed by atoms with Crippen LogP contribution in [0.15, 0.2) is 0 Å². The molecular formula is C24H44N2O6. The topological polar surface area (TPSA) is 97.3 Å². The lowest BCUT2D eigenvalue weighted by atomic mass is 9.51. The Morgan fingerprint density at radius 1 is 1.09 bits per heavy atom. The molecular weight excluding hydrogens is 412 g/mol. The van der Waals surface area contributed by atoms with Crippen LogP contribution in [-0.2, 0) is 23.8 Å². The lowest BCUT2D eigenvalue weighted by molar-refractivity contribution is -0.152. The van der Waals surface area contributed by atoms with Crippen molar-refractivity contribution in [3.05, 3.63) is 0 Å². The van der Waals surface area contributed by atoms with Gasteiger partial charge in [-0.2, -0.15) is 0 Å². The Morgan fingerprint density at radius 3 is 2.25 bits per heavy atom. The number of methoxy groups -OCH3 is 3. The van der Waals surface area contributed by atoms with Gasteiger partial charge in [-0.25, -0.2) is 0 Å². The monoisotopic (exact) mass is 456 g/mol. The number of amides is 2. The van der Waals surface area contributed by atoms with Crippen LogP contribution in [0.3, 0.4) is 0 Å². The molecule has 0 heterocycles. The first-order valence-corrected chi connectivity index (χ1v) is 11.9. The third-order valence-electron chi connectivity index (χ3n) is 7.98. The Morgan fingerprint density at radius 2 is 1.69 bits per heavy atom. The SMILES string of the molecule is COCCN(CCOC)C(=O)[C@@H](C)C1CC[C@@]2(C)CC[C@H](NC(=O)COC)[C@@H](C)[C@@H]2[C@H]1O. The van der Waals surface area contributed by atoms with Gasteiger partial charge in [0.05, 0.1) is 19.3 Å². The van der Waals surface area contributed by atoms with Crippen LogP contribution in [0.4, 0.5) is 0 Å². The van der Waals surface area contributed by atoms with Crippen LogP contribution in [-0.4, -0.2) is 88.2 Å². The molecule has 0 aromatic carbocycles. The van der Waals surface area contributed by atoms with Crippen LogP contribution in [0.5, 0.6) is 0 Å². The van der Waals surface area contributed by atoms with Crippen LogP contribution in [0.25, 0.3) is 0 Å². The first-order chi connectivity index (χ1) is 15.2. The minimum atomic E-state index is -0.587. The van der Waals surface area contributed by atoms with Gasteiger partial charge in [-0.3, -0.25) is 9.59 Å². The fourth-order valence-electron chi connectivity index (χ4n) is 6.08. The third-order valence-corrected chi connectivity index (χ3v) is 7.98. The van der Waals surface area contributed by atoms with E-state index in [2.05, 4.69) is 19.2 Å². The second-order valence-electron chi connectivity index (χ2n) is 9.98. The fraction of sp³-hybridized carbons (Fsp3) is 0.917. The van der Waals surface area contributed by atoms with Gasteiger partial charge in [0.2, 0.25) is 11.8 Å². The van der Waals surface area contributed by atoms with Gasteiger partial charge in [-0.15, -0.1) is 0 Å². The van der Waals surface area contributed by atoms with E-state index in [9.17, 15) is 14.7 Å². The molecule has 2 amide bonds. The van der Waals surface area contributed by atoms with Gasteiger partial charge in [0.25, 0.3) is 0 Å². The van der Waals surface area contributed by atoms with E-state index >= 15 is 0 Å². The number of aliphatic hydroxyl groups is 1. The molecule has 8 heteroatoms. The molecule has 2 aliphatic carbocycles. The second-order valence-corrected chi connectivity index (χ2v) is 9.98. The molecule has 2 fully saturated rings. The summed E-state index contributed by atoms with van der Waals surface area (Å²) in [6.45, 7) is 8.33. The van der Waals surface area contributed by atoms with Crippen LogP contribution in [0.1, 0.15) is 46.5 Å². The van der Waals surface area contributed by atoms with Crippen molar-refractivity contribution in [2.45, 2.75) is 58.6 Å². The van der Waals surface area contributed by atoms with Crippen molar-refractivity contribution in [2.75, 3.05) is 54.2 Å². The summed E-state index contributed by atoms with van der Waals surface area (Å²) in [7, 11) is 4.76. The van der Waals surface area contributed by atoms with Gasteiger partial charge in [0.15, 0.2) is 0 Å². The summed E-state index contributed by atoms with van der Waals surface area (Å²) in [5, 5.41) is 14.6. The number of rotatable bonds is 11. The predicted octanol–water partition coefficient (Wildman–Crippen LogP) is 1.70. The van der Waals surface area contributed by atoms with E-state index in [1.807, 2.05) is 6.92 Å². The molecule has 32 heavy (non-hydrogen) atoms. The van der Waals surface area contributed by atoms with Gasteiger partial charge < -0.3 is 29.5 Å². The Bertz CT molecular complexity index is 609. The third kappa shape index (κ3) is 6.22. The lowest BCUT2D eigenvalue weighted by Gasteiger charge is -2.56. The number of carbonyl (C=O) groups excluding carboxylic acids is 2. The largest absolute Gasteiger partial charge is 0.392 e. The molecule has 0 aromatic heterocycles. The zero-order valence-corrected chi connectivity index (χ0v) is 20.8. The van der Waals surface area contributed by atoms with Crippen molar-refractivity contribution in [1.29, 1.82) is 0 Å². The number of hydrogen-bond donors (Lipinski definition) is 2. The first kappa shape index (κ1) is 27.0. The fourth-order valence-corrected chi connectivity index (χ4v) is 6.08. The summed E-state index contributed by atoms with van der Waals surface area (Å²) in [4.78, 5) is 27.2. The predicted molar refractivity (Wildman–Crippen MR) is 122 cm³/mol. The molecule has 0 saturated heterocycles. The highest BCUT2D eigenvalue weighted by Crippen LogP contribution is 2.55. The van der Waals surface area contributed by atoms with Gasteiger partial charge in [-0.05, 0) is 48.9 Å². The van der Waals surface area contributed by atoms with E-state index in [1.165, 1.54) is 7.11 Å². The minimum Gasteiger partial charge on any atom is -0.392 e. The van der Waals surface area contributed by atoms with E-state index in [1.54, 1.807) is 19.1 Å². The molecule has 7 atom stereocenters. The molecule has 2 N–H and O–H groups in total. The maximum atomic E-state index is 13.3. The summed E-state index contributed by atoms with van der Waals surface area (Å²) in [5.74, 6) is -0.328. The highest BCUT2D eigenvalue weighted by Gasteiger charge is 2.54. The van der Waals surface area contributed by atoms with Crippen molar-refractivity contribution < 1.29 is 28.9 Å². The molecule has 0 aromatic rings. The van der Waals surface area contributed by atoms with Gasteiger partial charge in [0.1, 0.15) is 6.61 Å². The number of nitrogens with zero attached hydrogens (tertiary/aromatic N) is 1. The molecule has 0 aliphatic heterocycles. The maximum Gasteiger partial charge on any atom is 0.246 e. The van der Waals surface area contributed by atoms with Crippen molar-refractivity contribution in [1.82, 2.24) is 10.2 Å². The zero-order valence-electron chi connectivity index (χ0n) is 20.8. The second kappa shape index (κ2) is 12.3. The van der Waals surface area contributed by atoms with E-state index in [0.717, 1.165) is 25.7 Å². The highest BCUT2D eigenvalue weighted by atomic mass is 16.5. The molecule has 1 unspecified atom stereocenters. The quantitative estimate of drug-likeness (QED) is 0.491. The molecule has 0 radical (unpaired) electrons. The average molecular weight is 457 g/mol. The molecule has 0 spiro atoms. The normalized spacial score (nSPS) is 33.3. The standard InChI is InChI=1S/C24H44N2O6/c1-16(23(29)26(11-13-30-4)12-14-31-5)18-7-9-24(3)10-8-19(25-20(27)15-32-6)17(2)21(24)22(18)28/h16-19,21-22,28H,7-15H2,1-6H3,(H,25,27)/t16-,17+,18?,19-,21+,22-,24-/m0/s1. The summed E-state index contributed by atoms with van der Waals surface area (Å²) in [6.07, 6.45) is 3.08. The Hall–Kier alpha value is -1.22. The van der Waals surface area contributed by atoms with Gasteiger partial charge in [0, 0.05) is 46.4 Å². The molecule has 8 nitrogen and oxygen atoms in total. The van der Waals surface area contributed by atoms with Gasteiger partial charge in [-0.1, -0.05) is 20.8 Å². The van der Waals surface area contributed by atoms with Gasteiger partial charge >= 0.3 is 0 Å². The molecule has 2 rings (SSSR count). The van der Waals surface area contributed by atoms with E-state index in [-0.39, 0.29) is 53.5 Å². The van der Waals surface area contributed by atoms with Crippen molar-refractivity contribution >= 4 is 11.8 Å². The summed E-state index contributed by atoms with van der Waals surface area (Å²) in [6, 6.07) is 0.00929. The molecule has 0 bridgehead atoms. The smallest absolute Gasteiger partial charge is 0.246 e. The van der Waals surface area contributed by atoms with Crippen molar-refractivity contribution in [3.63, 3.8) is 0 Å². The van der Waals surface area contributed by atoms with Crippen LogP contribution < -0.4 is 5.32 Å². The van der Waals surface area contributed by atoms with E-state index in [0.29, 0.717) is 26.3 Å². The minimum absolute atomic E-state index is 0.00929. The van der Waals surface area contributed by atoms with Crippen LogP contribution in [0, 0.1) is 29.1 Å². The molecule has 2 aliphatic rings.